The van der Waals surface area contributed by atoms with E-state index in [1.165, 1.54) is 10.9 Å². The molecule has 1 aromatic carbocycles. The number of nitrogens with zero attached hydrogens (tertiary/aromatic N) is 6. The number of aromatic nitrogens is 4. The van der Waals surface area contributed by atoms with Crippen LogP contribution in [0.3, 0.4) is 0 Å². The molecule has 14 heteroatoms. The van der Waals surface area contributed by atoms with Gasteiger partial charge in [0.2, 0.25) is 5.95 Å². The summed E-state index contributed by atoms with van der Waals surface area (Å²) in [5, 5.41) is 4.27. The Morgan fingerprint density at radius 1 is 1.00 bits per heavy atom. The summed E-state index contributed by atoms with van der Waals surface area (Å²) in [5.41, 5.74) is 0.189. The molecule has 2 atom stereocenters. The number of amides is 1. The summed E-state index contributed by atoms with van der Waals surface area (Å²) < 4.78 is 56.9. The maximum Gasteiger partial charge on any atom is 0.419 e. The summed E-state index contributed by atoms with van der Waals surface area (Å²) in [6.07, 6.45) is -0.546. The molecule has 2 saturated heterocycles. The highest BCUT2D eigenvalue weighted by Gasteiger charge is 2.38. The normalized spacial score (nSPS) is 18.5. The number of rotatable bonds is 10. The van der Waals surface area contributed by atoms with Crippen molar-refractivity contribution in [1.82, 2.24) is 24.6 Å². The molecule has 1 unspecified atom stereocenters. The molecule has 2 aliphatic heterocycles. The highest BCUT2D eigenvalue weighted by molar-refractivity contribution is 5.83. The molecule has 5 rings (SSSR count). The van der Waals surface area contributed by atoms with Gasteiger partial charge in [-0.1, -0.05) is 12.1 Å². The lowest BCUT2D eigenvalue weighted by Crippen LogP contribution is -2.47. The van der Waals surface area contributed by atoms with Crippen molar-refractivity contribution in [2.24, 2.45) is 0 Å². The van der Waals surface area contributed by atoms with Gasteiger partial charge < -0.3 is 24.0 Å². The van der Waals surface area contributed by atoms with Crippen molar-refractivity contribution in [2.45, 2.75) is 64.1 Å². The van der Waals surface area contributed by atoms with Crippen LogP contribution in [-0.2, 0) is 22.3 Å². The molecular weight excluding hydrogens is 581 g/mol. The Kier molecular flexibility index (Phi) is 9.37. The Balaban J connectivity index is 1.08. The third kappa shape index (κ3) is 7.12. The predicted octanol–water partition coefficient (Wildman–Crippen LogP) is 3.47. The topological polar surface area (TPSA) is 112 Å². The highest BCUT2D eigenvalue weighted by Crippen LogP contribution is 2.30. The summed E-state index contributed by atoms with van der Waals surface area (Å²) in [6.45, 7) is 5.58. The standard InChI is InChI=1S/C30H35F3N6O5/c1-19(44-26-16-36-39(27(40)20(26)2)17-21-4-6-24(42-3)7-5-21)18-43-25-10-13-38(28(25)41)23-8-11-37(12-9-23)29-34-14-22(15-35-29)30(31,32)33/h4-7,14-16,19,23,25H,8-13,17-18H2,1-3H3/t19-,25?/m0/s1. The van der Waals surface area contributed by atoms with Crippen LogP contribution in [0.25, 0.3) is 0 Å². The molecule has 0 bridgehead atoms. The average molecular weight is 617 g/mol. The molecule has 3 aromatic rings. The fourth-order valence-corrected chi connectivity index (χ4v) is 5.41. The van der Waals surface area contributed by atoms with Crippen molar-refractivity contribution in [3.05, 3.63) is 69.9 Å². The molecule has 11 nitrogen and oxygen atoms in total. The number of piperidine rings is 1. The molecule has 0 saturated carbocycles. The monoisotopic (exact) mass is 616 g/mol. The second kappa shape index (κ2) is 13.2. The number of likely N-dealkylation sites (tertiary alicyclic amines) is 1. The molecule has 0 spiro atoms. The second-order valence-corrected chi connectivity index (χ2v) is 11.0. The van der Waals surface area contributed by atoms with Crippen molar-refractivity contribution in [1.29, 1.82) is 0 Å². The smallest absolute Gasteiger partial charge is 0.419 e. The summed E-state index contributed by atoms with van der Waals surface area (Å²) >= 11 is 0. The van der Waals surface area contributed by atoms with E-state index in [9.17, 15) is 22.8 Å². The zero-order valence-corrected chi connectivity index (χ0v) is 24.8. The van der Waals surface area contributed by atoms with Crippen LogP contribution in [0.4, 0.5) is 19.1 Å². The van der Waals surface area contributed by atoms with Gasteiger partial charge >= 0.3 is 6.18 Å². The molecule has 0 N–H and O–H groups in total. The lowest BCUT2D eigenvalue weighted by Gasteiger charge is -2.36. The molecular formula is C30H35F3N6O5. The molecule has 4 heterocycles. The highest BCUT2D eigenvalue weighted by atomic mass is 19.4. The van der Waals surface area contributed by atoms with E-state index in [1.807, 2.05) is 34.1 Å². The van der Waals surface area contributed by atoms with Gasteiger partial charge in [-0.2, -0.15) is 18.3 Å². The Morgan fingerprint density at radius 2 is 1.68 bits per heavy atom. The lowest BCUT2D eigenvalue weighted by atomic mass is 10.0. The third-order valence-electron chi connectivity index (χ3n) is 7.94. The molecule has 2 aliphatic rings. The molecule has 0 aliphatic carbocycles. The lowest BCUT2D eigenvalue weighted by molar-refractivity contribution is -0.140. The molecule has 2 fully saturated rings. The molecule has 1 amide bonds. The van der Waals surface area contributed by atoms with Gasteiger partial charge in [-0.3, -0.25) is 9.59 Å². The van der Waals surface area contributed by atoms with Gasteiger partial charge in [0.25, 0.3) is 11.5 Å². The summed E-state index contributed by atoms with van der Waals surface area (Å²) in [6, 6.07) is 7.41. The fraction of sp³-hybridized carbons (Fsp3) is 0.500. The van der Waals surface area contributed by atoms with E-state index in [1.54, 1.807) is 21.0 Å². The van der Waals surface area contributed by atoms with Crippen molar-refractivity contribution in [3.63, 3.8) is 0 Å². The molecule has 44 heavy (non-hydrogen) atoms. The van der Waals surface area contributed by atoms with E-state index < -0.39 is 23.9 Å². The SMILES string of the molecule is COc1ccc(Cn2ncc(O[C@@H](C)COC3CCN(C4CCN(c5ncc(C(F)(F)F)cn5)CC4)C3=O)c(C)c2=O)cc1. The van der Waals surface area contributed by atoms with E-state index in [2.05, 4.69) is 15.1 Å². The molecule has 236 valence electrons. The quantitative estimate of drug-likeness (QED) is 0.338. The van der Waals surface area contributed by atoms with E-state index in [0.717, 1.165) is 23.7 Å². The van der Waals surface area contributed by atoms with E-state index in [-0.39, 0.29) is 30.1 Å². The Labute approximate surface area is 252 Å². The van der Waals surface area contributed by atoms with Crippen LogP contribution >= 0.6 is 0 Å². The zero-order valence-electron chi connectivity index (χ0n) is 24.8. The number of hydrogen-bond donors (Lipinski definition) is 0. The van der Waals surface area contributed by atoms with Crippen molar-refractivity contribution < 1.29 is 32.2 Å². The zero-order chi connectivity index (χ0) is 31.4. The Bertz CT molecular complexity index is 1490. The van der Waals surface area contributed by atoms with Crippen LogP contribution in [-0.4, -0.2) is 82.2 Å². The molecule has 0 radical (unpaired) electrons. The maximum atomic E-state index is 13.1. The number of benzene rings is 1. The number of methoxy groups -OCH3 is 1. The predicted molar refractivity (Wildman–Crippen MR) is 154 cm³/mol. The van der Waals surface area contributed by atoms with Crippen LogP contribution in [0.5, 0.6) is 11.5 Å². The Hall–Kier alpha value is -4.20. The minimum Gasteiger partial charge on any atom is -0.497 e. The maximum absolute atomic E-state index is 13.1. The van der Waals surface area contributed by atoms with Crippen molar-refractivity contribution in [3.8, 4) is 11.5 Å². The van der Waals surface area contributed by atoms with Gasteiger partial charge in [-0.25, -0.2) is 14.6 Å². The van der Waals surface area contributed by atoms with Gasteiger partial charge in [0, 0.05) is 44.5 Å². The van der Waals surface area contributed by atoms with Crippen LogP contribution in [0.2, 0.25) is 0 Å². The van der Waals surface area contributed by atoms with Gasteiger partial charge in [0.05, 0.1) is 37.6 Å². The van der Waals surface area contributed by atoms with Gasteiger partial charge in [0.1, 0.15) is 23.7 Å². The van der Waals surface area contributed by atoms with Crippen molar-refractivity contribution in [2.75, 3.05) is 38.3 Å². The van der Waals surface area contributed by atoms with Gasteiger partial charge in [-0.05, 0) is 44.4 Å². The van der Waals surface area contributed by atoms with Crippen LogP contribution in [0, 0.1) is 6.92 Å². The number of carbonyl (C=O) groups is 1. The minimum atomic E-state index is -4.48. The molecule has 2 aromatic heterocycles. The third-order valence-corrected chi connectivity index (χ3v) is 7.94. The van der Waals surface area contributed by atoms with E-state index >= 15 is 0 Å². The fourth-order valence-electron chi connectivity index (χ4n) is 5.41. The van der Waals surface area contributed by atoms with Crippen LogP contribution in [0.15, 0.2) is 47.7 Å². The Morgan fingerprint density at radius 3 is 2.32 bits per heavy atom. The van der Waals surface area contributed by atoms with Gasteiger partial charge in [-0.15, -0.1) is 0 Å². The minimum absolute atomic E-state index is 0.00796. The van der Waals surface area contributed by atoms with Gasteiger partial charge in [0.15, 0.2) is 0 Å². The summed E-state index contributed by atoms with van der Waals surface area (Å²) in [7, 11) is 1.59. The summed E-state index contributed by atoms with van der Waals surface area (Å²) in [5.74, 6) is 1.26. The second-order valence-electron chi connectivity index (χ2n) is 11.0. The van der Waals surface area contributed by atoms with E-state index in [0.29, 0.717) is 56.8 Å². The van der Waals surface area contributed by atoms with Crippen molar-refractivity contribution >= 4 is 11.9 Å². The first-order valence-electron chi connectivity index (χ1n) is 14.5. The number of alkyl halides is 3. The van der Waals surface area contributed by atoms with Crippen LogP contribution < -0.4 is 19.9 Å². The summed E-state index contributed by atoms with van der Waals surface area (Å²) in [4.78, 5) is 37.5. The first kappa shape index (κ1) is 31.2. The number of anilines is 1. The number of carbonyl (C=O) groups excluding carboxylic acids is 1. The number of halogens is 3. The largest absolute Gasteiger partial charge is 0.497 e. The first-order chi connectivity index (χ1) is 21.0. The number of ether oxygens (including phenoxy) is 3. The number of hydrogen-bond acceptors (Lipinski definition) is 9. The first-order valence-corrected chi connectivity index (χ1v) is 14.5. The average Bonchev–Trinajstić information content (AvgIpc) is 3.39. The van der Waals surface area contributed by atoms with Crippen LogP contribution in [0.1, 0.15) is 42.9 Å². The van der Waals surface area contributed by atoms with E-state index in [4.69, 9.17) is 14.2 Å².